The topological polar surface area (TPSA) is 135 Å². The second-order valence-electron chi connectivity index (χ2n) is 11.8. The summed E-state index contributed by atoms with van der Waals surface area (Å²) < 4.78 is 10.4. The van der Waals surface area contributed by atoms with Crippen molar-refractivity contribution in [3.05, 3.63) is 81.3 Å². The Labute approximate surface area is 240 Å². The number of rotatable bonds is 5. The van der Waals surface area contributed by atoms with Gasteiger partial charge in [0.2, 0.25) is 5.91 Å². The Balaban J connectivity index is 2.23. The van der Waals surface area contributed by atoms with Crippen LogP contribution in [0.1, 0.15) is 69.2 Å². The first-order chi connectivity index (χ1) is 19.2. The molecule has 9 heteroatoms. The molecule has 2 aliphatic rings. The van der Waals surface area contributed by atoms with Crippen LogP contribution in [0.25, 0.3) is 0 Å². The van der Waals surface area contributed by atoms with Gasteiger partial charge >= 0.3 is 11.9 Å². The van der Waals surface area contributed by atoms with Gasteiger partial charge in [0.15, 0.2) is 0 Å². The average molecular weight is 557 g/mol. The smallest absolute Gasteiger partial charge is 0.355 e. The highest BCUT2D eigenvalue weighted by molar-refractivity contribution is 6.07. The highest BCUT2D eigenvalue weighted by Gasteiger charge is 2.49. The van der Waals surface area contributed by atoms with Crippen LogP contribution >= 0.6 is 0 Å². The van der Waals surface area contributed by atoms with Crippen molar-refractivity contribution in [3.8, 4) is 6.07 Å². The molecule has 41 heavy (non-hydrogen) atoms. The number of allylic oxidation sites excluding steroid dienone is 1. The number of methoxy groups -OCH3 is 2. The summed E-state index contributed by atoms with van der Waals surface area (Å²) in [5.74, 6) is -2.87. The first-order valence-electron chi connectivity index (χ1n) is 13.3. The summed E-state index contributed by atoms with van der Waals surface area (Å²) in [6.45, 7) is 11.7. The van der Waals surface area contributed by atoms with E-state index in [9.17, 15) is 19.6 Å². The van der Waals surface area contributed by atoms with Crippen molar-refractivity contribution in [2.24, 2.45) is 5.73 Å². The third-order valence-corrected chi connectivity index (χ3v) is 7.99. The zero-order valence-electron chi connectivity index (χ0n) is 24.8. The summed E-state index contributed by atoms with van der Waals surface area (Å²) in [5, 5.41) is 13.4. The second-order valence-corrected chi connectivity index (χ2v) is 11.8. The summed E-state index contributed by atoms with van der Waals surface area (Å²) in [5.41, 5.74) is 10.2. The molecule has 1 unspecified atom stereocenters. The lowest BCUT2D eigenvalue weighted by atomic mass is 9.79. The van der Waals surface area contributed by atoms with Crippen LogP contribution in [0.2, 0.25) is 0 Å². The Kier molecular flexibility index (Phi) is 7.48. The summed E-state index contributed by atoms with van der Waals surface area (Å²) in [6, 6.07) is 13.1. The van der Waals surface area contributed by atoms with E-state index in [0.29, 0.717) is 22.5 Å². The standard InChI is InChI=1S/C32H36N4O5/c1-17-22(35-18(2)37)14-21-25(32(5,6)16-31(21,3)4)26(17)36-27(30(39)41-8)24(29(38)40-7)23(20(15-33)28(36)34)19-12-10-9-11-13-19/h9-14,23H,16,34H2,1-8H3,(H,35,37). The fraction of sp³-hybridized carbons (Fsp3) is 0.375. The van der Waals surface area contributed by atoms with Gasteiger partial charge in [-0.25, -0.2) is 9.59 Å². The van der Waals surface area contributed by atoms with Crippen LogP contribution in [-0.4, -0.2) is 32.1 Å². The number of nitrogens with one attached hydrogen (secondary N) is 1. The quantitative estimate of drug-likeness (QED) is 0.501. The van der Waals surface area contributed by atoms with Gasteiger partial charge in [0, 0.05) is 12.6 Å². The zero-order chi connectivity index (χ0) is 30.4. The van der Waals surface area contributed by atoms with Gasteiger partial charge in [-0.1, -0.05) is 58.0 Å². The highest BCUT2D eigenvalue weighted by atomic mass is 16.5. The molecule has 214 valence electrons. The molecule has 0 bridgehead atoms. The number of fused-ring (bicyclic) bond motifs is 1. The fourth-order valence-corrected chi connectivity index (χ4v) is 6.62. The SMILES string of the molecule is COC(=O)C1=C(C(=O)OC)N(c2c(C)c(NC(C)=O)cc3c2C(C)(C)CC3(C)C)C(N)=C(C#N)C1c1ccccc1. The van der Waals surface area contributed by atoms with E-state index < -0.39 is 23.3 Å². The molecule has 4 rings (SSSR count). The number of nitriles is 1. The molecule has 0 fully saturated rings. The zero-order valence-corrected chi connectivity index (χ0v) is 24.8. The van der Waals surface area contributed by atoms with Crippen molar-refractivity contribution in [1.29, 1.82) is 5.26 Å². The maximum absolute atomic E-state index is 13.7. The number of nitrogens with zero attached hydrogens (tertiary/aromatic N) is 2. The molecule has 0 saturated heterocycles. The van der Waals surface area contributed by atoms with E-state index in [1.807, 2.05) is 19.1 Å². The van der Waals surface area contributed by atoms with E-state index in [2.05, 4.69) is 39.1 Å². The molecule has 2 aromatic carbocycles. The summed E-state index contributed by atoms with van der Waals surface area (Å²) in [4.78, 5) is 41.0. The minimum atomic E-state index is -0.977. The van der Waals surface area contributed by atoms with Gasteiger partial charge in [0.1, 0.15) is 11.5 Å². The van der Waals surface area contributed by atoms with Crippen molar-refractivity contribution in [1.82, 2.24) is 0 Å². The van der Waals surface area contributed by atoms with Crippen LogP contribution in [0, 0.1) is 18.3 Å². The molecule has 9 nitrogen and oxygen atoms in total. The number of carbonyl (C=O) groups excluding carboxylic acids is 3. The molecule has 1 amide bonds. The second kappa shape index (κ2) is 10.4. The Bertz CT molecular complexity index is 1560. The van der Waals surface area contributed by atoms with Crippen LogP contribution in [-0.2, 0) is 34.7 Å². The summed E-state index contributed by atoms with van der Waals surface area (Å²) in [7, 11) is 2.44. The molecule has 0 spiro atoms. The molecule has 3 N–H and O–H groups in total. The number of carbonyl (C=O) groups is 3. The lowest BCUT2D eigenvalue weighted by Gasteiger charge is -2.39. The van der Waals surface area contributed by atoms with Crippen LogP contribution in [0.5, 0.6) is 0 Å². The minimum Gasteiger partial charge on any atom is -0.466 e. The third kappa shape index (κ3) is 4.73. The molecule has 0 radical (unpaired) electrons. The van der Waals surface area contributed by atoms with E-state index in [-0.39, 0.29) is 34.0 Å². The number of hydrogen-bond acceptors (Lipinski definition) is 8. The first-order valence-corrected chi connectivity index (χ1v) is 13.3. The highest BCUT2D eigenvalue weighted by Crippen LogP contribution is 2.57. The van der Waals surface area contributed by atoms with E-state index in [1.54, 1.807) is 24.3 Å². The molecular weight excluding hydrogens is 520 g/mol. The van der Waals surface area contributed by atoms with Crippen molar-refractivity contribution in [2.45, 2.75) is 64.7 Å². The van der Waals surface area contributed by atoms with Gasteiger partial charge in [-0.05, 0) is 52.5 Å². The maximum Gasteiger partial charge on any atom is 0.355 e. The predicted molar refractivity (Wildman–Crippen MR) is 156 cm³/mol. The minimum absolute atomic E-state index is 0.0137. The van der Waals surface area contributed by atoms with Crippen molar-refractivity contribution < 1.29 is 23.9 Å². The number of hydrogen-bond donors (Lipinski definition) is 2. The largest absolute Gasteiger partial charge is 0.466 e. The van der Waals surface area contributed by atoms with Crippen LogP contribution in [0.3, 0.4) is 0 Å². The normalized spacial score (nSPS) is 18.9. The number of nitrogens with two attached hydrogens (primary N) is 1. The molecule has 1 aliphatic carbocycles. The van der Waals surface area contributed by atoms with Crippen LogP contribution in [0.15, 0.2) is 59.1 Å². The molecule has 1 aliphatic heterocycles. The maximum atomic E-state index is 13.7. The van der Waals surface area contributed by atoms with E-state index in [0.717, 1.165) is 17.5 Å². The molecule has 1 atom stereocenters. The molecule has 0 aromatic heterocycles. The van der Waals surface area contributed by atoms with Crippen molar-refractivity contribution >= 4 is 29.2 Å². The lowest BCUT2D eigenvalue weighted by molar-refractivity contribution is -0.139. The number of benzene rings is 2. The van der Waals surface area contributed by atoms with Gasteiger partial charge in [-0.15, -0.1) is 0 Å². The van der Waals surface area contributed by atoms with Crippen molar-refractivity contribution in [2.75, 3.05) is 24.4 Å². The number of anilines is 2. The first kappa shape index (κ1) is 29.4. The van der Waals surface area contributed by atoms with Gasteiger partial charge in [-0.2, -0.15) is 5.26 Å². The molecular formula is C32H36N4O5. The fourth-order valence-electron chi connectivity index (χ4n) is 6.62. The number of amides is 1. The van der Waals surface area contributed by atoms with Gasteiger partial charge in [0.05, 0.1) is 43.0 Å². The molecule has 2 aromatic rings. The van der Waals surface area contributed by atoms with Crippen molar-refractivity contribution in [3.63, 3.8) is 0 Å². The monoisotopic (exact) mass is 556 g/mol. The van der Waals surface area contributed by atoms with Crippen LogP contribution < -0.4 is 16.0 Å². The Morgan fingerprint density at radius 3 is 2.20 bits per heavy atom. The number of ether oxygens (including phenoxy) is 2. The van der Waals surface area contributed by atoms with Crippen LogP contribution in [0.4, 0.5) is 11.4 Å². The lowest BCUT2D eigenvalue weighted by Crippen LogP contribution is -2.42. The molecule has 0 saturated carbocycles. The van der Waals surface area contributed by atoms with E-state index >= 15 is 0 Å². The van der Waals surface area contributed by atoms with E-state index in [1.165, 1.54) is 26.0 Å². The van der Waals surface area contributed by atoms with Gasteiger partial charge in [-0.3, -0.25) is 9.69 Å². The Morgan fingerprint density at radius 2 is 1.66 bits per heavy atom. The average Bonchev–Trinajstić information content (AvgIpc) is 3.10. The van der Waals surface area contributed by atoms with Gasteiger partial charge in [0.25, 0.3) is 0 Å². The third-order valence-electron chi connectivity index (χ3n) is 7.99. The Hall–Kier alpha value is -4.58. The molecule has 1 heterocycles. The predicted octanol–water partition coefficient (Wildman–Crippen LogP) is 4.81. The summed E-state index contributed by atoms with van der Waals surface area (Å²) in [6.07, 6.45) is 0.766. The van der Waals surface area contributed by atoms with E-state index in [4.69, 9.17) is 15.2 Å². The summed E-state index contributed by atoms with van der Waals surface area (Å²) >= 11 is 0. The van der Waals surface area contributed by atoms with Gasteiger partial charge < -0.3 is 20.5 Å². The Morgan fingerprint density at radius 1 is 1.05 bits per heavy atom. The number of esters is 2.